The van der Waals surface area contributed by atoms with Crippen molar-refractivity contribution < 1.29 is 9.59 Å². The number of thioether (sulfide) groups is 1. The van der Waals surface area contributed by atoms with Crippen LogP contribution in [0.2, 0.25) is 0 Å². The van der Waals surface area contributed by atoms with E-state index in [-0.39, 0.29) is 16.7 Å². The van der Waals surface area contributed by atoms with Crippen molar-refractivity contribution in [1.82, 2.24) is 5.32 Å². The van der Waals surface area contributed by atoms with Gasteiger partial charge in [-0.15, -0.1) is 0 Å². The highest BCUT2D eigenvalue weighted by molar-refractivity contribution is 8.18. The van der Waals surface area contributed by atoms with E-state index in [1.165, 1.54) is 16.8 Å². The molecule has 3 rings (SSSR count). The predicted octanol–water partition coefficient (Wildman–Crippen LogP) is 4.34. The number of carbonyl (C=O) groups excluding carboxylic acids is 2. The van der Waals surface area contributed by atoms with Gasteiger partial charge in [-0.05, 0) is 81.3 Å². The van der Waals surface area contributed by atoms with Crippen LogP contribution in [0.3, 0.4) is 0 Å². The summed E-state index contributed by atoms with van der Waals surface area (Å²) in [5, 5.41) is 1.99. The average molecular weight is 342 g/mol. The Morgan fingerprint density at radius 1 is 1.25 bits per heavy atom. The van der Waals surface area contributed by atoms with Crippen LogP contribution in [0.4, 0.5) is 10.5 Å². The Kier molecular flexibility index (Phi) is 4.08. The van der Waals surface area contributed by atoms with Crippen LogP contribution in [0.1, 0.15) is 44.4 Å². The van der Waals surface area contributed by atoms with Crippen LogP contribution in [0.5, 0.6) is 0 Å². The fourth-order valence-corrected chi connectivity index (χ4v) is 4.21. The number of fused-ring (bicyclic) bond motifs is 1. The number of rotatable bonds is 2. The van der Waals surface area contributed by atoms with Gasteiger partial charge in [0.05, 0.1) is 10.4 Å². The third-order valence-corrected chi connectivity index (χ3v) is 5.42. The van der Waals surface area contributed by atoms with Crippen LogP contribution in [-0.2, 0) is 4.79 Å². The Balaban J connectivity index is 2.11. The molecule has 126 valence electrons. The summed E-state index contributed by atoms with van der Waals surface area (Å²) >= 11 is 0.957. The van der Waals surface area contributed by atoms with Gasteiger partial charge in [-0.25, -0.2) is 0 Å². The van der Waals surface area contributed by atoms with Crippen molar-refractivity contribution in [3.05, 3.63) is 39.8 Å². The summed E-state index contributed by atoms with van der Waals surface area (Å²) in [7, 11) is 0. The number of imide groups is 1. The number of likely N-dealkylation sites (N-methyl/N-ethyl adjacent to an activating group) is 1. The second-order valence-corrected chi connectivity index (χ2v) is 7.82. The third kappa shape index (κ3) is 2.77. The third-order valence-electron chi connectivity index (χ3n) is 4.61. The minimum atomic E-state index is -0.314. The number of aryl methyl sites for hydroxylation is 1. The van der Waals surface area contributed by atoms with Crippen molar-refractivity contribution in [2.45, 2.75) is 40.2 Å². The molecule has 1 saturated heterocycles. The van der Waals surface area contributed by atoms with Gasteiger partial charge < -0.3 is 4.90 Å². The number of hydrogen-bond acceptors (Lipinski definition) is 4. The Labute approximate surface area is 147 Å². The van der Waals surface area contributed by atoms with Gasteiger partial charge in [0.15, 0.2) is 0 Å². The van der Waals surface area contributed by atoms with E-state index in [0.717, 1.165) is 29.4 Å². The molecule has 5 heteroatoms. The monoisotopic (exact) mass is 342 g/mol. The highest BCUT2D eigenvalue weighted by Gasteiger charge is 2.31. The van der Waals surface area contributed by atoms with Crippen molar-refractivity contribution >= 4 is 40.2 Å². The fraction of sp³-hybridized carbons (Fsp3) is 0.368. The number of benzene rings is 1. The lowest BCUT2D eigenvalue weighted by Gasteiger charge is -2.43. The van der Waals surface area contributed by atoms with E-state index < -0.39 is 0 Å². The largest absolute Gasteiger partial charge is 0.363 e. The lowest BCUT2D eigenvalue weighted by atomic mass is 9.87. The first-order valence-corrected chi connectivity index (χ1v) is 8.91. The molecule has 4 nitrogen and oxygen atoms in total. The van der Waals surface area contributed by atoms with E-state index >= 15 is 0 Å². The van der Waals surface area contributed by atoms with Crippen molar-refractivity contribution in [3.8, 4) is 0 Å². The number of hydrogen-bond donors (Lipinski definition) is 1. The van der Waals surface area contributed by atoms with E-state index in [0.29, 0.717) is 4.91 Å². The molecule has 0 bridgehead atoms. The molecule has 0 saturated carbocycles. The molecule has 0 aliphatic carbocycles. The smallest absolute Gasteiger partial charge is 0.290 e. The molecule has 0 atom stereocenters. The summed E-state index contributed by atoms with van der Waals surface area (Å²) < 4.78 is 0. The van der Waals surface area contributed by atoms with E-state index in [2.05, 4.69) is 56.1 Å². The second kappa shape index (κ2) is 5.81. The van der Waals surface area contributed by atoms with E-state index in [1.54, 1.807) is 0 Å². The summed E-state index contributed by atoms with van der Waals surface area (Å²) in [5.41, 5.74) is 5.69. The maximum absolute atomic E-state index is 11.8. The Morgan fingerprint density at radius 2 is 1.96 bits per heavy atom. The molecule has 2 aliphatic heterocycles. The standard InChI is InChI=1S/C19H22N2O2S/c1-6-21-15-7-11(2)13(9-16-17(22)20-18(23)24-16)8-14(15)12(3)10-19(21,4)5/h7-10H,6H2,1-5H3,(H,20,22,23)/b16-9+. The van der Waals surface area contributed by atoms with Gasteiger partial charge in [0, 0.05) is 17.8 Å². The second-order valence-electron chi connectivity index (χ2n) is 6.80. The summed E-state index contributed by atoms with van der Waals surface area (Å²) in [6.45, 7) is 11.7. The number of carbonyl (C=O) groups is 2. The number of amides is 2. The molecule has 0 radical (unpaired) electrons. The summed E-state index contributed by atoms with van der Waals surface area (Å²) in [5.74, 6) is -0.314. The quantitative estimate of drug-likeness (QED) is 0.812. The Morgan fingerprint density at radius 3 is 2.54 bits per heavy atom. The highest BCUT2D eigenvalue weighted by atomic mass is 32.2. The van der Waals surface area contributed by atoms with Gasteiger partial charge in [-0.3, -0.25) is 14.9 Å². The van der Waals surface area contributed by atoms with Gasteiger partial charge in [0.1, 0.15) is 0 Å². The maximum atomic E-state index is 11.8. The van der Waals surface area contributed by atoms with E-state index in [4.69, 9.17) is 0 Å². The van der Waals surface area contributed by atoms with Gasteiger partial charge in [-0.2, -0.15) is 0 Å². The molecule has 2 heterocycles. The van der Waals surface area contributed by atoms with E-state index in [1.807, 2.05) is 13.0 Å². The Hall–Kier alpha value is -2.01. The van der Waals surface area contributed by atoms with Crippen molar-refractivity contribution in [2.75, 3.05) is 11.4 Å². The molecule has 2 amide bonds. The topological polar surface area (TPSA) is 49.4 Å². The zero-order chi connectivity index (χ0) is 17.6. The fourth-order valence-electron chi connectivity index (χ4n) is 3.54. The molecule has 1 fully saturated rings. The van der Waals surface area contributed by atoms with Crippen molar-refractivity contribution in [3.63, 3.8) is 0 Å². The lowest BCUT2D eigenvalue weighted by molar-refractivity contribution is -0.115. The summed E-state index contributed by atoms with van der Waals surface area (Å²) in [6, 6.07) is 4.31. The van der Waals surface area contributed by atoms with Crippen molar-refractivity contribution in [2.24, 2.45) is 0 Å². The molecule has 1 aromatic carbocycles. The van der Waals surface area contributed by atoms with Crippen LogP contribution >= 0.6 is 11.8 Å². The molecule has 0 aromatic heterocycles. The first kappa shape index (κ1) is 16.8. The SMILES string of the molecule is CCN1c2cc(C)c(/C=C3/SC(=O)NC3=O)cc2C(C)=CC1(C)C. The predicted molar refractivity (Wildman–Crippen MR) is 101 cm³/mol. The molecule has 2 aliphatic rings. The molecule has 1 N–H and O–H groups in total. The molecule has 24 heavy (non-hydrogen) atoms. The lowest BCUT2D eigenvalue weighted by Crippen LogP contribution is -2.44. The zero-order valence-electron chi connectivity index (χ0n) is 14.7. The number of nitrogens with one attached hydrogen (secondary N) is 1. The maximum Gasteiger partial charge on any atom is 0.290 e. The number of allylic oxidation sites excluding steroid dienone is 1. The zero-order valence-corrected chi connectivity index (χ0v) is 15.5. The van der Waals surface area contributed by atoms with Gasteiger partial charge in [0.25, 0.3) is 11.1 Å². The number of anilines is 1. The van der Waals surface area contributed by atoms with Gasteiger partial charge in [-0.1, -0.05) is 6.08 Å². The number of nitrogens with zero attached hydrogens (tertiary/aromatic N) is 1. The minimum Gasteiger partial charge on any atom is -0.363 e. The van der Waals surface area contributed by atoms with Crippen LogP contribution in [-0.4, -0.2) is 23.2 Å². The van der Waals surface area contributed by atoms with Crippen molar-refractivity contribution in [1.29, 1.82) is 0 Å². The normalized spacial score (nSPS) is 21.0. The molecular weight excluding hydrogens is 320 g/mol. The summed E-state index contributed by atoms with van der Waals surface area (Å²) in [4.78, 5) is 26.0. The highest BCUT2D eigenvalue weighted by Crippen LogP contribution is 2.40. The average Bonchev–Trinajstić information content (AvgIpc) is 2.78. The minimum absolute atomic E-state index is 0.0220. The Bertz CT molecular complexity index is 806. The van der Waals surface area contributed by atoms with Crippen LogP contribution in [0, 0.1) is 6.92 Å². The summed E-state index contributed by atoms with van der Waals surface area (Å²) in [6.07, 6.45) is 4.09. The van der Waals surface area contributed by atoms with Crippen LogP contribution in [0.25, 0.3) is 11.6 Å². The van der Waals surface area contributed by atoms with Gasteiger partial charge in [0.2, 0.25) is 0 Å². The van der Waals surface area contributed by atoms with Gasteiger partial charge >= 0.3 is 0 Å². The molecule has 0 spiro atoms. The molecule has 0 unspecified atom stereocenters. The van der Waals surface area contributed by atoms with E-state index in [9.17, 15) is 9.59 Å². The molecule has 1 aromatic rings. The first-order chi connectivity index (χ1) is 11.2. The molecular formula is C19H22N2O2S. The first-order valence-electron chi connectivity index (χ1n) is 8.10. The van der Waals surface area contributed by atoms with Crippen LogP contribution < -0.4 is 10.2 Å². The van der Waals surface area contributed by atoms with Crippen LogP contribution in [0.15, 0.2) is 23.1 Å².